The van der Waals surface area contributed by atoms with E-state index in [0.29, 0.717) is 23.7 Å². The van der Waals surface area contributed by atoms with Gasteiger partial charge in [-0.05, 0) is 29.7 Å². The summed E-state index contributed by atoms with van der Waals surface area (Å²) in [6.45, 7) is 3.86. The van der Waals surface area contributed by atoms with E-state index in [-0.39, 0.29) is 5.91 Å². The zero-order valence-electron chi connectivity index (χ0n) is 15.8. The number of nitrogens with one attached hydrogen (secondary N) is 1. The molecule has 1 aliphatic rings. The maximum atomic E-state index is 12.3. The van der Waals surface area contributed by atoms with Crippen molar-refractivity contribution in [2.75, 3.05) is 7.11 Å². The van der Waals surface area contributed by atoms with Crippen LogP contribution in [0.4, 0.5) is 0 Å². The fraction of sp³-hybridized carbons (Fsp3) is 0.143. The molecule has 2 aromatic heterocycles. The van der Waals surface area contributed by atoms with Gasteiger partial charge in [0.2, 0.25) is 5.88 Å². The van der Waals surface area contributed by atoms with Gasteiger partial charge in [0.1, 0.15) is 5.82 Å². The largest absolute Gasteiger partial charge is 0.481 e. The van der Waals surface area contributed by atoms with Gasteiger partial charge in [0.05, 0.1) is 13.3 Å². The lowest BCUT2D eigenvalue weighted by Crippen LogP contribution is -2.23. The lowest BCUT2D eigenvalue weighted by Gasteiger charge is -2.10. The Kier molecular flexibility index (Phi) is 5.96. The molecular formula is C21H21N5O2. The van der Waals surface area contributed by atoms with Gasteiger partial charge in [-0.3, -0.25) is 9.48 Å². The number of pyridine rings is 1. The van der Waals surface area contributed by atoms with Crippen molar-refractivity contribution in [2.24, 2.45) is 12.0 Å². The molecule has 0 aliphatic carbocycles. The Labute approximate surface area is 163 Å². The Morgan fingerprint density at radius 3 is 2.89 bits per heavy atom. The van der Waals surface area contributed by atoms with Gasteiger partial charge in [0, 0.05) is 42.8 Å². The molecule has 0 bridgehead atoms. The number of carbonyl (C=O) groups is 1. The first-order chi connectivity index (χ1) is 13.6. The monoisotopic (exact) mass is 375 g/mol. The van der Waals surface area contributed by atoms with E-state index in [9.17, 15) is 4.79 Å². The minimum Gasteiger partial charge on any atom is -0.481 e. The lowest BCUT2D eigenvalue weighted by molar-refractivity contribution is 0.0965. The molecule has 0 spiro atoms. The molecule has 2 aromatic rings. The van der Waals surface area contributed by atoms with Crippen LogP contribution in [0.3, 0.4) is 0 Å². The first-order valence-electron chi connectivity index (χ1n) is 8.67. The standard InChI is InChI=1S/C21H21N5O2/c1-4-16(18-13-24-26(2)14-18)7-5-15-6-8-19(23-12-15)25-21(27)17-9-10-22-20(11-17)28-3/h4-5,7-14H,1,6H2,2-3H3,(H,25,27)/b15-5+,16-7+. The second-order valence-corrected chi connectivity index (χ2v) is 6.06. The third-order valence-electron chi connectivity index (χ3n) is 4.08. The zero-order chi connectivity index (χ0) is 19.9. The topological polar surface area (TPSA) is 81.4 Å². The molecular weight excluding hydrogens is 354 g/mol. The van der Waals surface area contributed by atoms with Gasteiger partial charge in [-0.1, -0.05) is 24.8 Å². The van der Waals surface area contributed by atoms with Gasteiger partial charge >= 0.3 is 0 Å². The van der Waals surface area contributed by atoms with E-state index < -0.39 is 0 Å². The number of hydrogen-bond acceptors (Lipinski definition) is 5. The zero-order valence-corrected chi connectivity index (χ0v) is 15.8. The highest BCUT2D eigenvalue weighted by Crippen LogP contribution is 2.17. The minimum atomic E-state index is -0.262. The van der Waals surface area contributed by atoms with Gasteiger partial charge in [0.15, 0.2) is 0 Å². The Morgan fingerprint density at radius 2 is 2.25 bits per heavy atom. The molecule has 3 heterocycles. The number of aryl methyl sites for hydroxylation is 1. The molecule has 142 valence electrons. The van der Waals surface area contributed by atoms with Crippen LogP contribution in [0, 0.1) is 0 Å². The summed E-state index contributed by atoms with van der Waals surface area (Å²) in [6, 6.07) is 3.20. The van der Waals surface area contributed by atoms with E-state index in [1.807, 2.05) is 31.5 Å². The quantitative estimate of drug-likeness (QED) is 0.787. The van der Waals surface area contributed by atoms with Crippen LogP contribution in [0.5, 0.6) is 5.88 Å². The molecule has 28 heavy (non-hydrogen) atoms. The summed E-state index contributed by atoms with van der Waals surface area (Å²) in [5.41, 5.74) is 3.45. The molecule has 0 aromatic carbocycles. The van der Waals surface area contributed by atoms with Crippen molar-refractivity contribution in [3.63, 3.8) is 0 Å². The van der Waals surface area contributed by atoms with Crippen molar-refractivity contribution in [1.29, 1.82) is 0 Å². The number of aliphatic imine (C=N–C) groups is 1. The smallest absolute Gasteiger partial charge is 0.257 e. The predicted octanol–water partition coefficient (Wildman–Crippen LogP) is 3.07. The van der Waals surface area contributed by atoms with E-state index in [2.05, 4.69) is 27.0 Å². The Balaban J connectivity index is 1.64. The average molecular weight is 375 g/mol. The van der Waals surface area contributed by atoms with E-state index in [1.165, 1.54) is 13.3 Å². The fourth-order valence-electron chi connectivity index (χ4n) is 2.57. The van der Waals surface area contributed by atoms with E-state index >= 15 is 0 Å². The Morgan fingerprint density at radius 1 is 1.39 bits per heavy atom. The molecule has 0 atom stereocenters. The number of methoxy groups -OCH3 is 1. The second-order valence-electron chi connectivity index (χ2n) is 6.06. The number of hydrogen-bond donors (Lipinski definition) is 1. The van der Waals surface area contributed by atoms with Crippen LogP contribution in [0.1, 0.15) is 22.3 Å². The molecule has 1 aliphatic heterocycles. The summed E-state index contributed by atoms with van der Waals surface area (Å²) in [5.74, 6) is 0.637. The summed E-state index contributed by atoms with van der Waals surface area (Å²) in [4.78, 5) is 20.6. The molecule has 0 fully saturated rings. The summed E-state index contributed by atoms with van der Waals surface area (Å²) in [5, 5.41) is 6.96. The highest BCUT2D eigenvalue weighted by Gasteiger charge is 2.10. The number of nitrogens with zero attached hydrogens (tertiary/aromatic N) is 4. The lowest BCUT2D eigenvalue weighted by atomic mass is 10.1. The van der Waals surface area contributed by atoms with Gasteiger partial charge in [-0.15, -0.1) is 0 Å². The molecule has 7 nitrogen and oxygen atoms in total. The third kappa shape index (κ3) is 4.70. The highest BCUT2D eigenvalue weighted by molar-refractivity contribution is 5.96. The number of allylic oxidation sites excluding steroid dienone is 6. The Hall–Kier alpha value is -3.74. The van der Waals surface area contributed by atoms with E-state index in [0.717, 1.165) is 16.7 Å². The van der Waals surface area contributed by atoms with Crippen molar-refractivity contribution in [1.82, 2.24) is 20.1 Å². The first-order valence-corrected chi connectivity index (χ1v) is 8.67. The number of amides is 1. The van der Waals surface area contributed by atoms with Crippen molar-refractivity contribution >= 4 is 17.7 Å². The maximum absolute atomic E-state index is 12.3. The molecule has 0 saturated carbocycles. The first kappa shape index (κ1) is 19.0. The van der Waals surface area contributed by atoms with Gasteiger partial charge in [-0.25, -0.2) is 9.98 Å². The van der Waals surface area contributed by atoms with Crippen LogP contribution < -0.4 is 10.1 Å². The predicted molar refractivity (Wildman–Crippen MR) is 109 cm³/mol. The summed E-state index contributed by atoms with van der Waals surface area (Å²) < 4.78 is 6.79. The van der Waals surface area contributed by atoms with Crippen LogP contribution in [0.25, 0.3) is 5.57 Å². The van der Waals surface area contributed by atoms with Crippen LogP contribution in [0.15, 0.2) is 78.0 Å². The highest BCUT2D eigenvalue weighted by atomic mass is 16.5. The van der Waals surface area contributed by atoms with E-state index in [1.54, 1.807) is 35.3 Å². The summed E-state index contributed by atoms with van der Waals surface area (Å²) >= 11 is 0. The normalized spacial score (nSPS) is 15.3. The van der Waals surface area contributed by atoms with Crippen LogP contribution in [0.2, 0.25) is 0 Å². The molecule has 0 radical (unpaired) electrons. The average Bonchev–Trinajstić information content (AvgIpc) is 3.15. The Bertz CT molecular complexity index is 1010. The summed E-state index contributed by atoms with van der Waals surface area (Å²) in [7, 11) is 3.38. The number of rotatable bonds is 6. The third-order valence-corrected chi connectivity index (χ3v) is 4.08. The van der Waals surface area contributed by atoms with Crippen molar-refractivity contribution in [2.45, 2.75) is 6.42 Å². The number of carbonyl (C=O) groups excluding carboxylic acids is 1. The van der Waals surface area contributed by atoms with Crippen molar-refractivity contribution < 1.29 is 9.53 Å². The van der Waals surface area contributed by atoms with Crippen molar-refractivity contribution in [3.8, 4) is 5.88 Å². The molecule has 0 unspecified atom stereocenters. The van der Waals surface area contributed by atoms with E-state index in [4.69, 9.17) is 4.74 Å². The van der Waals surface area contributed by atoms with Gasteiger partial charge in [-0.2, -0.15) is 5.10 Å². The second kappa shape index (κ2) is 8.77. The fourth-order valence-corrected chi connectivity index (χ4v) is 2.57. The van der Waals surface area contributed by atoms with Gasteiger partial charge in [0.25, 0.3) is 5.91 Å². The van der Waals surface area contributed by atoms with Crippen LogP contribution >= 0.6 is 0 Å². The maximum Gasteiger partial charge on any atom is 0.257 e. The molecule has 1 amide bonds. The molecule has 7 heteroatoms. The molecule has 1 N–H and O–H groups in total. The SMILES string of the molecule is C=C/C(=C\C=C1\C=NC(NC(=O)c2ccnc(OC)c2)=CC1)c1cnn(C)c1. The van der Waals surface area contributed by atoms with Crippen LogP contribution in [-0.4, -0.2) is 34.0 Å². The molecule has 0 saturated heterocycles. The number of ether oxygens (including phenoxy) is 1. The van der Waals surface area contributed by atoms with Gasteiger partial charge < -0.3 is 10.1 Å². The minimum absolute atomic E-state index is 0.262. The van der Waals surface area contributed by atoms with Crippen molar-refractivity contribution in [3.05, 3.63) is 84.1 Å². The molecule has 3 rings (SSSR count). The number of aromatic nitrogens is 3. The van der Waals surface area contributed by atoms with Crippen LogP contribution in [-0.2, 0) is 7.05 Å². The summed E-state index contributed by atoms with van der Waals surface area (Å²) in [6.07, 6.45) is 15.3.